The monoisotopic (exact) mass is 267 g/mol. The van der Waals surface area contributed by atoms with Crippen LogP contribution in [0.15, 0.2) is 15.8 Å². The highest BCUT2D eigenvalue weighted by molar-refractivity contribution is 5.04. The SMILES string of the molecule is [2H][C@H]1CCC[C@@]2(O)C[C@H](n3cc(C)c(=O)[nH]c3=O)O[C@@H]12. The van der Waals surface area contributed by atoms with Crippen LogP contribution in [0.5, 0.6) is 0 Å². The van der Waals surface area contributed by atoms with Crippen molar-refractivity contribution in [1.29, 1.82) is 0 Å². The lowest BCUT2D eigenvalue weighted by atomic mass is 9.81. The van der Waals surface area contributed by atoms with Crippen LogP contribution >= 0.6 is 0 Å². The van der Waals surface area contributed by atoms with Gasteiger partial charge >= 0.3 is 5.69 Å². The Bertz CT molecular complexity index is 640. The fraction of sp³-hybridized carbons (Fsp3) is 0.692. The Morgan fingerprint density at radius 2 is 2.37 bits per heavy atom. The Kier molecular flexibility index (Phi) is 2.60. The number of H-pyrrole nitrogens is 1. The molecule has 2 heterocycles. The molecule has 6 nitrogen and oxygen atoms in total. The smallest absolute Gasteiger partial charge is 0.330 e. The van der Waals surface area contributed by atoms with Crippen molar-refractivity contribution in [3.63, 3.8) is 0 Å². The first kappa shape index (κ1) is 11.4. The van der Waals surface area contributed by atoms with Gasteiger partial charge in [0, 0.05) is 19.6 Å². The number of nitrogens with one attached hydrogen (secondary N) is 1. The molecule has 0 radical (unpaired) electrons. The van der Waals surface area contributed by atoms with Crippen molar-refractivity contribution in [3.8, 4) is 0 Å². The molecule has 19 heavy (non-hydrogen) atoms. The van der Waals surface area contributed by atoms with Crippen molar-refractivity contribution < 1.29 is 11.2 Å². The number of aliphatic hydroxyl groups is 1. The first-order valence-electron chi connectivity index (χ1n) is 7.10. The van der Waals surface area contributed by atoms with Crippen LogP contribution in [0.3, 0.4) is 0 Å². The molecule has 104 valence electrons. The van der Waals surface area contributed by atoms with Crippen molar-refractivity contribution >= 4 is 0 Å². The third-order valence-corrected chi connectivity index (χ3v) is 4.01. The van der Waals surface area contributed by atoms with E-state index in [0.717, 1.165) is 6.42 Å². The quantitative estimate of drug-likeness (QED) is 0.773. The Morgan fingerprint density at radius 1 is 1.58 bits per heavy atom. The second-order valence-corrected chi connectivity index (χ2v) is 5.43. The summed E-state index contributed by atoms with van der Waals surface area (Å²) < 4.78 is 15.0. The molecule has 0 amide bonds. The minimum absolute atomic E-state index is 0.276. The highest BCUT2D eigenvalue weighted by atomic mass is 16.5. The molecule has 6 heteroatoms. The van der Waals surface area contributed by atoms with Crippen molar-refractivity contribution in [2.24, 2.45) is 0 Å². The van der Waals surface area contributed by atoms with E-state index >= 15 is 0 Å². The second kappa shape index (κ2) is 4.31. The summed E-state index contributed by atoms with van der Waals surface area (Å²) >= 11 is 0. The molecule has 0 spiro atoms. The molecule has 1 saturated carbocycles. The van der Waals surface area contributed by atoms with Crippen LogP contribution in [0, 0.1) is 6.92 Å². The number of nitrogens with zero attached hydrogens (tertiary/aromatic N) is 1. The summed E-state index contributed by atoms with van der Waals surface area (Å²) in [6.45, 7) is 1.61. The van der Waals surface area contributed by atoms with Gasteiger partial charge in [-0.15, -0.1) is 0 Å². The Morgan fingerprint density at radius 3 is 3.11 bits per heavy atom. The highest BCUT2D eigenvalue weighted by Gasteiger charge is 2.49. The zero-order chi connectivity index (χ0) is 14.5. The van der Waals surface area contributed by atoms with E-state index in [0.29, 0.717) is 18.4 Å². The van der Waals surface area contributed by atoms with Gasteiger partial charge in [0.1, 0.15) is 6.23 Å². The number of aryl methyl sites for hydroxylation is 1. The zero-order valence-electron chi connectivity index (χ0n) is 11.8. The fourth-order valence-corrected chi connectivity index (χ4v) is 2.92. The molecule has 3 rings (SSSR count). The van der Waals surface area contributed by atoms with E-state index in [4.69, 9.17) is 6.11 Å². The molecule has 0 aromatic carbocycles. The van der Waals surface area contributed by atoms with Crippen LogP contribution < -0.4 is 11.2 Å². The van der Waals surface area contributed by atoms with Gasteiger partial charge in [0.2, 0.25) is 0 Å². The first-order valence-corrected chi connectivity index (χ1v) is 6.53. The van der Waals surface area contributed by atoms with Gasteiger partial charge in [-0.1, -0.05) is 12.8 Å². The van der Waals surface area contributed by atoms with Gasteiger partial charge in [-0.05, 0) is 19.7 Å². The summed E-state index contributed by atoms with van der Waals surface area (Å²) in [6.07, 6.45) is 2.12. The largest absolute Gasteiger partial charge is 0.387 e. The summed E-state index contributed by atoms with van der Waals surface area (Å²) in [5.41, 5.74) is -1.59. The van der Waals surface area contributed by atoms with Gasteiger partial charge in [-0.3, -0.25) is 14.3 Å². The molecule has 0 bridgehead atoms. The minimum Gasteiger partial charge on any atom is -0.387 e. The number of hydrogen-bond acceptors (Lipinski definition) is 4. The first-order chi connectivity index (χ1) is 9.40. The number of rotatable bonds is 1. The Balaban J connectivity index is 1.96. The average Bonchev–Trinajstić information content (AvgIpc) is 2.72. The molecule has 1 aliphatic carbocycles. The van der Waals surface area contributed by atoms with Gasteiger partial charge in [0.15, 0.2) is 0 Å². The number of ether oxygens (including phenoxy) is 1. The van der Waals surface area contributed by atoms with E-state index in [-0.39, 0.29) is 6.42 Å². The normalized spacial score (nSPS) is 38.8. The summed E-state index contributed by atoms with van der Waals surface area (Å²) in [5.74, 6) is 0. The molecule has 1 aliphatic heterocycles. The van der Waals surface area contributed by atoms with Gasteiger partial charge in [0.25, 0.3) is 5.56 Å². The van der Waals surface area contributed by atoms with Crippen LogP contribution in [0.4, 0.5) is 0 Å². The molecule has 2 N–H and O–H groups in total. The molecule has 1 saturated heterocycles. The third kappa shape index (κ3) is 2.04. The topological polar surface area (TPSA) is 84.3 Å². The predicted molar refractivity (Wildman–Crippen MR) is 68.0 cm³/mol. The summed E-state index contributed by atoms with van der Waals surface area (Å²) in [5, 5.41) is 10.6. The van der Waals surface area contributed by atoms with Crippen LogP contribution in [-0.4, -0.2) is 26.4 Å². The van der Waals surface area contributed by atoms with E-state index in [2.05, 4.69) is 4.98 Å². The minimum atomic E-state index is -1.04. The van der Waals surface area contributed by atoms with Gasteiger partial charge in [-0.25, -0.2) is 4.79 Å². The molecule has 0 unspecified atom stereocenters. The van der Waals surface area contributed by atoms with Crippen LogP contribution in [-0.2, 0) is 4.74 Å². The lowest BCUT2D eigenvalue weighted by molar-refractivity contribution is -0.0808. The fourth-order valence-electron chi connectivity index (χ4n) is 2.92. The van der Waals surface area contributed by atoms with Crippen molar-refractivity contribution in [3.05, 3.63) is 32.6 Å². The molecule has 1 aromatic rings. The maximum atomic E-state index is 11.9. The highest BCUT2D eigenvalue weighted by Crippen LogP contribution is 2.44. The average molecular weight is 267 g/mol. The number of fused-ring (bicyclic) bond motifs is 1. The van der Waals surface area contributed by atoms with E-state index in [1.165, 1.54) is 10.8 Å². The van der Waals surface area contributed by atoms with E-state index in [9.17, 15) is 14.7 Å². The molecule has 2 aliphatic rings. The van der Waals surface area contributed by atoms with Crippen LogP contribution in [0.1, 0.15) is 45.2 Å². The van der Waals surface area contributed by atoms with Crippen molar-refractivity contribution in [2.45, 2.75) is 56.9 Å². The van der Waals surface area contributed by atoms with E-state index < -0.39 is 35.6 Å². The molecule has 4 atom stereocenters. The van der Waals surface area contributed by atoms with Gasteiger partial charge in [-0.2, -0.15) is 0 Å². The van der Waals surface area contributed by atoms with Crippen molar-refractivity contribution in [2.75, 3.05) is 0 Å². The maximum absolute atomic E-state index is 11.9. The van der Waals surface area contributed by atoms with E-state index in [1.54, 1.807) is 6.92 Å². The second-order valence-electron chi connectivity index (χ2n) is 5.43. The number of aromatic amines is 1. The third-order valence-electron chi connectivity index (χ3n) is 4.01. The van der Waals surface area contributed by atoms with E-state index in [1.807, 2.05) is 0 Å². The summed E-state index contributed by atoms with van der Waals surface area (Å²) in [4.78, 5) is 25.5. The number of aromatic nitrogens is 2. The number of hydrogen-bond donors (Lipinski definition) is 2. The van der Waals surface area contributed by atoms with Crippen LogP contribution in [0.2, 0.25) is 0 Å². The summed E-state index contributed by atoms with van der Waals surface area (Å²) in [6, 6.07) is 0. The molecule has 1 aromatic heterocycles. The molecule has 2 fully saturated rings. The summed E-state index contributed by atoms with van der Waals surface area (Å²) in [7, 11) is 0. The Hall–Kier alpha value is -1.40. The Labute approximate surface area is 111 Å². The maximum Gasteiger partial charge on any atom is 0.330 e. The van der Waals surface area contributed by atoms with Gasteiger partial charge in [0.05, 0.1) is 11.7 Å². The lowest BCUT2D eigenvalue weighted by Crippen LogP contribution is -2.40. The zero-order valence-corrected chi connectivity index (χ0v) is 10.8. The standard InChI is InChI=1S/C13H18N2O4/c1-8-7-15(12(17)14-11(8)16)10-6-13(18)5-3-2-4-9(13)19-10/h7,9-10,18H,2-6H2,1H3,(H,14,16,17)/t9-,10+,13+/m0/s1/i4D/t4-,9-,10+,13+. The van der Waals surface area contributed by atoms with Crippen molar-refractivity contribution in [1.82, 2.24) is 9.55 Å². The lowest BCUT2D eigenvalue weighted by Gasteiger charge is -2.32. The predicted octanol–water partition coefficient (Wildman–Crippen LogP) is 0.438. The molecular weight excluding hydrogens is 248 g/mol. The van der Waals surface area contributed by atoms with Gasteiger partial charge < -0.3 is 9.84 Å². The molecular formula is C13H18N2O4. The van der Waals surface area contributed by atoms with Crippen LogP contribution in [0.25, 0.3) is 0 Å².